The molecule has 0 aliphatic carbocycles. The van der Waals surface area contributed by atoms with E-state index in [0.717, 1.165) is 0 Å². The minimum absolute atomic E-state index is 0.287. The van der Waals surface area contributed by atoms with Crippen LogP contribution >= 0.6 is 7.37 Å². The number of benzene rings is 1. The van der Waals surface area contributed by atoms with Gasteiger partial charge in [-0.2, -0.15) is 0 Å². The molecule has 0 aliphatic rings. The number of hydrogen-bond acceptors (Lipinski definition) is 3. The Bertz CT molecular complexity index is 482. The average Bonchev–Trinajstić information content (AvgIpc) is 2.36. The molecule has 0 radical (unpaired) electrons. The van der Waals surface area contributed by atoms with Crippen molar-refractivity contribution in [2.75, 3.05) is 13.3 Å². The van der Waals surface area contributed by atoms with Gasteiger partial charge in [0.2, 0.25) is 7.37 Å². The highest BCUT2D eigenvalue weighted by atomic mass is 31.2. The van der Waals surface area contributed by atoms with E-state index >= 15 is 0 Å². The van der Waals surface area contributed by atoms with Crippen LogP contribution < -0.4 is 5.32 Å². The molecule has 1 atom stereocenters. The van der Waals surface area contributed by atoms with Gasteiger partial charge in [-0.25, -0.2) is 0 Å². The van der Waals surface area contributed by atoms with E-state index in [0.29, 0.717) is 17.6 Å². The molecule has 1 aromatic carbocycles. The summed E-state index contributed by atoms with van der Waals surface area (Å²) in [6.07, 6.45) is 1.61. The molecule has 0 saturated heterocycles. The Balaban J connectivity index is 2.83. The molecule has 5 heteroatoms. The number of nitrogens with one attached hydrogen (secondary N) is 1. The summed E-state index contributed by atoms with van der Waals surface area (Å²) >= 11 is 0. The Kier molecular flexibility index (Phi) is 5.32. The first-order chi connectivity index (χ1) is 8.51. The summed E-state index contributed by atoms with van der Waals surface area (Å²) in [7, 11) is -2.95. The Morgan fingerprint density at radius 3 is 2.50 bits per heavy atom. The first-order valence-electron chi connectivity index (χ1n) is 5.76. The standard InChI is InChI=1S/C13H18NO3P/c1-4-12(18(3,16)17-5-2)14-13(15)11-9-7-6-8-10-11/h4,6-10H,5H2,1-3H3,(H,14,15)/b12-4+. The third-order valence-corrected chi connectivity index (χ3v) is 4.36. The molecule has 0 spiro atoms. The van der Waals surface area contributed by atoms with Gasteiger partial charge in [0, 0.05) is 12.2 Å². The van der Waals surface area contributed by atoms with Gasteiger partial charge in [0.25, 0.3) is 5.91 Å². The van der Waals surface area contributed by atoms with E-state index in [-0.39, 0.29) is 5.91 Å². The molecule has 1 unspecified atom stereocenters. The fraction of sp³-hybridized carbons (Fsp3) is 0.308. The Morgan fingerprint density at radius 2 is 2.00 bits per heavy atom. The van der Waals surface area contributed by atoms with Crippen LogP contribution in [-0.2, 0) is 9.09 Å². The number of hydrogen-bond donors (Lipinski definition) is 1. The van der Waals surface area contributed by atoms with Gasteiger partial charge in [-0.1, -0.05) is 24.3 Å². The third kappa shape index (κ3) is 3.83. The van der Waals surface area contributed by atoms with Crippen molar-refractivity contribution in [3.05, 3.63) is 47.4 Å². The van der Waals surface area contributed by atoms with E-state index in [2.05, 4.69) is 5.32 Å². The van der Waals surface area contributed by atoms with Crippen LogP contribution in [0.1, 0.15) is 24.2 Å². The molecule has 4 nitrogen and oxygen atoms in total. The Morgan fingerprint density at radius 1 is 1.39 bits per heavy atom. The zero-order valence-corrected chi connectivity index (χ0v) is 11.7. The molecule has 1 aromatic rings. The lowest BCUT2D eigenvalue weighted by Crippen LogP contribution is -2.23. The number of carbonyl (C=O) groups excluding carboxylic acids is 1. The second-order valence-electron chi connectivity index (χ2n) is 3.76. The molecule has 0 aliphatic heterocycles. The lowest BCUT2D eigenvalue weighted by molar-refractivity contribution is 0.0967. The quantitative estimate of drug-likeness (QED) is 0.833. The predicted octanol–water partition coefficient (Wildman–Crippen LogP) is 3.22. The normalized spacial score (nSPS) is 14.9. The van der Waals surface area contributed by atoms with Crippen LogP contribution in [0.15, 0.2) is 41.8 Å². The molecule has 0 aromatic heterocycles. The molecule has 1 amide bonds. The highest BCUT2D eigenvalue weighted by Gasteiger charge is 2.23. The number of rotatable bonds is 5. The third-order valence-electron chi connectivity index (χ3n) is 2.36. The van der Waals surface area contributed by atoms with E-state index in [1.54, 1.807) is 44.2 Å². The van der Waals surface area contributed by atoms with Crippen molar-refractivity contribution < 1.29 is 13.9 Å². The van der Waals surface area contributed by atoms with Crippen LogP contribution in [0.3, 0.4) is 0 Å². The zero-order chi connectivity index (χ0) is 13.6. The van der Waals surface area contributed by atoms with Crippen LogP contribution in [0.5, 0.6) is 0 Å². The summed E-state index contributed by atoms with van der Waals surface area (Å²) in [5.41, 5.74) is 0.853. The summed E-state index contributed by atoms with van der Waals surface area (Å²) in [6, 6.07) is 8.78. The molecule has 1 N–H and O–H groups in total. The van der Waals surface area contributed by atoms with Gasteiger partial charge >= 0.3 is 0 Å². The zero-order valence-electron chi connectivity index (χ0n) is 10.8. The number of allylic oxidation sites excluding steroid dienone is 1. The predicted molar refractivity (Wildman–Crippen MR) is 72.8 cm³/mol. The summed E-state index contributed by atoms with van der Waals surface area (Å²) in [5.74, 6) is -0.287. The maximum Gasteiger partial charge on any atom is 0.255 e. The number of amides is 1. The van der Waals surface area contributed by atoms with Gasteiger partial charge in [0.15, 0.2) is 0 Å². The van der Waals surface area contributed by atoms with Gasteiger partial charge in [0.1, 0.15) is 0 Å². The van der Waals surface area contributed by atoms with Crippen molar-refractivity contribution in [3.63, 3.8) is 0 Å². The van der Waals surface area contributed by atoms with Gasteiger partial charge in [-0.15, -0.1) is 0 Å². The summed E-state index contributed by atoms with van der Waals surface area (Å²) in [5, 5.41) is 2.64. The van der Waals surface area contributed by atoms with Crippen molar-refractivity contribution in [1.82, 2.24) is 5.32 Å². The first-order valence-corrected chi connectivity index (χ1v) is 7.83. The van der Waals surface area contributed by atoms with Crippen molar-refractivity contribution in [2.45, 2.75) is 13.8 Å². The van der Waals surface area contributed by atoms with Crippen molar-refractivity contribution in [1.29, 1.82) is 0 Å². The molecular weight excluding hydrogens is 249 g/mol. The lowest BCUT2D eigenvalue weighted by atomic mass is 10.2. The highest BCUT2D eigenvalue weighted by Crippen LogP contribution is 2.49. The van der Waals surface area contributed by atoms with Crippen LogP contribution in [-0.4, -0.2) is 19.2 Å². The van der Waals surface area contributed by atoms with E-state index in [1.165, 1.54) is 6.66 Å². The average molecular weight is 267 g/mol. The van der Waals surface area contributed by atoms with Crippen molar-refractivity contribution >= 4 is 13.3 Å². The van der Waals surface area contributed by atoms with E-state index < -0.39 is 7.37 Å². The fourth-order valence-corrected chi connectivity index (χ4v) is 2.91. The topological polar surface area (TPSA) is 55.4 Å². The van der Waals surface area contributed by atoms with Gasteiger partial charge in [-0.05, 0) is 26.0 Å². The van der Waals surface area contributed by atoms with Crippen LogP contribution in [0.25, 0.3) is 0 Å². The minimum atomic E-state index is -2.95. The smallest absolute Gasteiger partial charge is 0.255 e. The molecule has 0 fully saturated rings. The van der Waals surface area contributed by atoms with E-state index in [1.807, 2.05) is 6.07 Å². The summed E-state index contributed by atoms with van der Waals surface area (Å²) < 4.78 is 17.4. The van der Waals surface area contributed by atoms with Gasteiger partial charge in [0.05, 0.1) is 12.0 Å². The highest BCUT2D eigenvalue weighted by molar-refractivity contribution is 7.62. The molecular formula is C13H18NO3P. The molecule has 0 saturated carbocycles. The summed E-state index contributed by atoms with van der Waals surface area (Å²) in [6.45, 7) is 5.32. The summed E-state index contributed by atoms with van der Waals surface area (Å²) in [4.78, 5) is 11.9. The van der Waals surface area contributed by atoms with Crippen molar-refractivity contribution in [2.24, 2.45) is 0 Å². The minimum Gasteiger partial charge on any atom is -0.325 e. The van der Waals surface area contributed by atoms with Gasteiger partial charge < -0.3 is 9.84 Å². The SMILES string of the molecule is C/C=C(\NC(=O)c1ccccc1)P(C)(=O)OCC. The molecule has 18 heavy (non-hydrogen) atoms. The van der Waals surface area contributed by atoms with Crippen LogP contribution in [0.4, 0.5) is 0 Å². The first kappa shape index (κ1) is 14.7. The Labute approximate surface area is 107 Å². The maximum atomic E-state index is 12.2. The van der Waals surface area contributed by atoms with Crippen molar-refractivity contribution in [3.8, 4) is 0 Å². The number of carbonyl (C=O) groups is 1. The van der Waals surface area contributed by atoms with Gasteiger partial charge in [-0.3, -0.25) is 9.36 Å². The second-order valence-corrected chi connectivity index (χ2v) is 6.19. The monoisotopic (exact) mass is 267 g/mol. The molecule has 98 valence electrons. The molecule has 0 bridgehead atoms. The van der Waals surface area contributed by atoms with Crippen LogP contribution in [0, 0.1) is 0 Å². The van der Waals surface area contributed by atoms with E-state index in [4.69, 9.17) is 4.52 Å². The fourth-order valence-electron chi connectivity index (χ4n) is 1.50. The maximum absolute atomic E-state index is 12.2. The molecule has 1 rings (SSSR count). The van der Waals surface area contributed by atoms with Crippen LogP contribution in [0.2, 0.25) is 0 Å². The largest absolute Gasteiger partial charge is 0.325 e. The second kappa shape index (κ2) is 6.53. The molecule has 0 heterocycles. The Hall–Kier alpha value is -1.38. The van der Waals surface area contributed by atoms with E-state index in [9.17, 15) is 9.36 Å². The lowest BCUT2D eigenvalue weighted by Gasteiger charge is -2.17.